The van der Waals surface area contributed by atoms with Gasteiger partial charge in [0, 0.05) is 17.2 Å². The van der Waals surface area contributed by atoms with Gasteiger partial charge in [-0.05, 0) is 50.1 Å². The fourth-order valence-electron chi connectivity index (χ4n) is 3.14. The lowest BCUT2D eigenvalue weighted by molar-refractivity contribution is 0.101. The molecule has 162 valence electrons. The third-order valence-corrected chi connectivity index (χ3v) is 5.94. The number of carbonyl (C=O) groups is 1. The van der Waals surface area contributed by atoms with Gasteiger partial charge in [-0.3, -0.25) is 4.79 Å². The van der Waals surface area contributed by atoms with E-state index >= 15 is 0 Å². The van der Waals surface area contributed by atoms with Gasteiger partial charge in [0.15, 0.2) is 17.3 Å². The lowest BCUT2D eigenvalue weighted by Gasteiger charge is -2.14. The fourth-order valence-corrected chi connectivity index (χ4v) is 3.88. The third kappa shape index (κ3) is 5.26. The first-order valence-electron chi connectivity index (χ1n) is 10.2. The van der Waals surface area contributed by atoms with Gasteiger partial charge < -0.3 is 14.6 Å². The highest BCUT2D eigenvalue weighted by molar-refractivity contribution is 7.99. The van der Waals surface area contributed by atoms with E-state index in [0.29, 0.717) is 33.9 Å². The number of aliphatic hydroxyl groups excluding tert-OH is 1. The lowest BCUT2D eigenvalue weighted by atomic mass is 10.1. The van der Waals surface area contributed by atoms with Crippen LogP contribution in [0.4, 0.5) is 0 Å². The molecule has 0 aliphatic heterocycles. The topological polar surface area (TPSA) is 86.5 Å². The van der Waals surface area contributed by atoms with Gasteiger partial charge in [-0.1, -0.05) is 30.0 Å². The van der Waals surface area contributed by atoms with Crippen molar-refractivity contribution in [2.45, 2.75) is 36.9 Å². The predicted molar refractivity (Wildman–Crippen MR) is 119 cm³/mol. The zero-order valence-electron chi connectivity index (χ0n) is 17.5. The van der Waals surface area contributed by atoms with Crippen LogP contribution in [0.2, 0.25) is 0 Å². The molecule has 2 aromatic carbocycles. The number of Topliss-reactive ketones (excluding diaryl/α,β-unsaturated/α-hetero) is 1. The summed E-state index contributed by atoms with van der Waals surface area (Å²) < 4.78 is 12.9. The highest BCUT2D eigenvalue weighted by Crippen LogP contribution is 2.40. The van der Waals surface area contributed by atoms with Crippen LogP contribution >= 0.6 is 11.8 Å². The van der Waals surface area contributed by atoms with Gasteiger partial charge in [0.1, 0.15) is 12.4 Å². The van der Waals surface area contributed by atoms with Crippen molar-refractivity contribution in [3.63, 3.8) is 0 Å². The van der Waals surface area contributed by atoms with Crippen molar-refractivity contribution in [1.29, 1.82) is 0 Å². The number of para-hydroxylation sites is 1. The summed E-state index contributed by atoms with van der Waals surface area (Å²) in [5, 5.41) is 15.7. The summed E-state index contributed by atoms with van der Waals surface area (Å²) in [4.78, 5) is 16.2. The normalized spacial score (nSPS) is 14.3. The minimum atomic E-state index is -0.713. The summed E-state index contributed by atoms with van der Waals surface area (Å²) in [7, 11) is 1.52. The molecule has 1 heterocycles. The van der Waals surface area contributed by atoms with Gasteiger partial charge >= 0.3 is 0 Å². The molecule has 3 aromatic rings. The quantitative estimate of drug-likeness (QED) is 0.379. The Hall–Kier alpha value is -2.84. The van der Waals surface area contributed by atoms with Gasteiger partial charge in [0.25, 0.3) is 0 Å². The molecule has 0 unspecified atom stereocenters. The molecule has 1 saturated carbocycles. The van der Waals surface area contributed by atoms with E-state index in [4.69, 9.17) is 14.5 Å². The Balaban J connectivity index is 1.36. The first-order chi connectivity index (χ1) is 15.0. The first kappa shape index (κ1) is 21.4. The van der Waals surface area contributed by atoms with Gasteiger partial charge in [0.2, 0.25) is 5.16 Å². The summed E-state index contributed by atoms with van der Waals surface area (Å²) in [6, 6.07) is 15.0. The Morgan fingerprint density at radius 2 is 2.00 bits per heavy atom. The fraction of sp³-hybridized carbons (Fsp3) is 0.348. The third-order valence-electron chi connectivity index (χ3n) is 4.96. The van der Waals surface area contributed by atoms with Crippen LogP contribution in [-0.2, 0) is 0 Å². The number of ether oxygens (including phenoxy) is 2. The van der Waals surface area contributed by atoms with Crippen LogP contribution in [0.3, 0.4) is 0 Å². The monoisotopic (exact) mass is 439 g/mol. The van der Waals surface area contributed by atoms with Gasteiger partial charge in [0.05, 0.1) is 18.9 Å². The molecule has 1 aliphatic rings. The Morgan fingerprint density at radius 3 is 2.68 bits per heavy atom. The molecule has 31 heavy (non-hydrogen) atoms. The average molecular weight is 440 g/mol. The number of nitrogens with zero attached hydrogens (tertiary/aromatic N) is 3. The summed E-state index contributed by atoms with van der Waals surface area (Å²) in [5.41, 5.74) is 1.54. The molecule has 0 bridgehead atoms. The minimum Gasteiger partial charge on any atom is -0.493 e. The molecular weight excluding hydrogens is 414 g/mol. The summed E-state index contributed by atoms with van der Waals surface area (Å²) in [5.74, 6) is 2.74. The molecule has 1 aliphatic carbocycles. The van der Waals surface area contributed by atoms with Crippen molar-refractivity contribution >= 4 is 17.5 Å². The average Bonchev–Trinajstić information content (AvgIpc) is 3.55. The highest BCUT2D eigenvalue weighted by atomic mass is 32.2. The number of rotatable bonds is 10. The molecule has 1 N–H and O–H groups in total. The van der Waals surface area contributed by atoms with E-state index in [1.807, 2.05) is 35.0 Å². The summed E-state index contributed by atoms with van der Waals surface area (Å²) in [6.07, 6.45) is 1.56. The number of benzene rings is 2. The van der Waals surface area contributed by atoms with E-state index in [2.05, 4.69) is 5.10 Å². The number of thioether (sulfide) groups is 1. The summed E-state index contributed by atoms with van der Waals surface area (Å²) >= 11 is 1.41. The van der Waals surface area contributed by atoms with Crippen molar-refractivity contribution < 1.29 is 19.4 Å². The zero-order valence-corrected chi connectivity index (χ0v) is 18.3. The van der Waals surface area contributed by atoms with E-state index in [9.17, 15) is 9.90 Å². The van der Waals surface area contributed by atoms with Gasteiger partial charge in [-0.2, -0.15) is 0 Å². The number of aromatic nitrogens is 3. The summed E-state index contributed by atoms with van der Waals surface area (Å²) in [6.45, 7) is 1.59. The van der Waals surface area contributed by atoms with Crippen molar-refractivity contribution in [2.75, 3.05) is 19.5 Å². The first-order valence-corrected chi connectivity index (χ1v) is 11.2. The van der Waals surface area contributed by atoms with Crippen LogP contribution in [0.1, 0.15) is 41.9 Å². The van der Waals surface area contributed by atoms with Gasteiger partial charge in [-0.15, -0.1) is 5.10 Å². The molecule has 0 spiro atoms. The van der Waals surface area contributed by atoms with E-state index in [1.165, 1.54) is 25.8 Å². The maximum atomic E-state index is 11.5. The van der Waals surface area contributed by atoms with Crippen LogP contribution in [0.25, 0.3) is 5.69 Å². The second-order valence-corrected chi connectivity index (χ2v) is 8.46. The Kier molecular flexibility index (Phi) is 6.58. The largest absolute Gasteiger partial charge is 0.493 e. The van der Waals surface area contributed by atoms with Crippen LogP contribution < -0.4 is 9.47 Å². The standard InChI is InChI=1S/C23H25N3O4S/c1-15(27)17-10-11-20(21(12-17)29-2)30-13-19(28)14-31-23-24-22(16-8-9-16)26(25-23)18-6-4-3-5-7-18/h3-7,10-12,16,19,28H,8-9,13-14H2,1-2H3/t19-/m1/s1. The van der Waals surface area contributed by atoms with Crippen molar-refractivity contribution in [3.05, 3.63) is 59.9 Å². The Morgan fingerprint density at radius 1 is 1.23 bits per heavy atom. The number of methoxy groups -OCH3 is 1. The number of carbonyl (C=O) groups excluding carboxylic acids is 1. The second-order valence-electron chi connectivity index (χ2n) is 7.47. The Bertz CT molecular complexity index is 1050. The highest BCUT2D eigenvalue weighted by Gasteiger charge is 2.30. The zero-order chi connectivity index (χ0) is 21.8. The van der Waals surface area contributed by atoms with Gasteiger partial charge in [-0.25, -0.2) is 9.67 Å². The van der Waals surface area contributed by atoms with Crippen LogP contribution in [-0.4, -0.2) is 51.2 Å². The predicted octanol–water partition coefficient (Wildman–Crippen LogP) is 3.89. The van der Waals surface area contributed by atoms with E-state index in [1.54, 1.807) is 18.2 Å². The van der Waals surface area contributed by atoms with E-state index in [0.717, 1.165) is 24.4 Å². The maximum Gasteiger partial charge on any atom is 0.209 e. The molecule has 0 radical (unpaired) electrons. The smallest absolute Gasteiger partial charge is 0.209 e. The lowest BCUT2D eigenvalue weighted by Crippen LogP contribution is -2.20. The van der Waals surface area contributed by atoms with Crippen molar-refractivity contribution in [1.82, 2.24) is 14.8 Å². The van der Waals surface area contributed by atoms with Crippen LogP contribution in [0.15, 0.2) is 53.7 Å². The molecule has 1 atom stereocenters. The van der Waals surface area contributed by atoms with Crippen molar-refractivity contribution in [3.8, 4) is 17.2 Å². The van der Waals surface area contributed by atoms with Crippen LogP contribution in [0, 0.1) is 0 Å². The molecule has 8 heteroatoms. The number of aliphatic hydroxyl groups is 1. The number of hydrogen-bond donors (Lipinski definition) is 1. The molecule has 0 saturated heterocycles. The van der Waals surface area contributed by atoms with Crippen LogP contribution in [0.5, 0.6) is 11.5 Å². The van der Waals surface area contributed by atoms with Crippen molar-refractivity contribution in [2.24, 2.45) is 0 Å². The molecule has 1 fully saturated rings. The minimum absolute atomic E-state index is 0.0470. The van der Waals surface area contributed by atoms with E-state index < -0.39 is 6.10 Å². The second kappa shape index (κ2) is 9.53. The molecule has 0 amide bonds. The molecule has 4 rings (SSSR count). The molecule has 7 nitrogen and oxygen atoms in total. The Labute approximate surface area is 185 Å². The SMILES string of the molecule is COc1cc(C(C)=O)ccc1OC[C@@H](O)CSc1nc(C2CC2)n(-c2ccccc2)n1. The van der Waals surface area contributed by atoms with E-state index in [-0.39, 0.29) is 12.4 Å². The number of ketones is 1. The maximum absolute atomic E-state index is 11.5. The molecular formula is C23H25N3O4S. The molecule has 1 aromatic heterocycles. The number of hydrogen-bond acceptors (Lipinski definition) is 7.